The number of carbonyl (C=O) groups is 4. The molecule has 0 saturated carbocycles. The summed E-state index contributed by atoms with van der Waals surface area (Å²) in [5.74, 6) is -1.65. The average molecular weight is 551 g/mol. The van der Waals surface area contributed by atoms with Crippen molar-refractivity contribution in [3.63, 3.8) is 0 Å². The first-order chi connectivity index (χ1) is 18.7. The molecule has 5 amide bonds. The number of nitro benzene ring substituents is 1. The van der Waals surface area contributed by atoms with Gasteiger partial charge in [0.2, 0.25) is 0 Å². The molecule has 0 unspecified atom stereocenters. The number of anilines is 2. The summed E-state index contributed by atoms with van der Waals surface area (Å²) < 4.78 is 10.7. The van der Waals surface area contributed by atoms with Crippen LogP contribution in [0.2, 0.25) is 5.02 Å². The second-order valence-corrected chi connectivity index (χ2v) is 8.37. The molecule has 3 aromatic rings. The fourth-order valence-electron chi connectivity index (χ4n) is 3.58. The van der Waals surface area contributed by atoms with E-state index in [1.807, 2.05) is 0 Å². The fourth-order valence-corrected chi connectivity index (χ4v) is 3.83. The molecule has 3 aromatic carbocycles. The number of barbiturate groups is 1. The average Bonchev–Trinajstić information content (AvgIpc) is 2.91. The number of carbonyl (C=O) groups excluding carboxylic acids is 4. The smallest absolute Gasteiger partial charge is 0.335 e. The fraction of sp³-hybridized carbons (Fsp3) is 0.0769. The molecule has 0 spiro atoms. The number of nitrogens with one attached hydrogen (secondary N) is 2. The number of amides is 5. The maximum Gasteiger partial charge on any atom is 0.335 e. The molecule has 12 nitrogen and oxygen atoms in total. The monoisotopic (exact) mass is 550 g/mol. The van der Waals surface area contributed by atoms with Crippen LogP contribution in [-0.2, 0) is 14.4 Å². The molecule has 0 bridgehead atoms. The van der Waals surface area contributed by atoms with Gasteiger partial charge in [0.1, 0.15) is 17.1 Å². The molecular formula is C26H19ClN4O8. The molecule has 13 heteroatoms. The predicted octanol–water partition coefficient (Wildman–Crippen LogP) is 3.94. The summed E-state index contributed by atoms with van der Waals surface area (Å²) in [6, 6.07) is 14.9. The van der Waals surface area contributed by atoms with Crippen LogP contribution in [0.1, 0.15) is 5.56 Å². The van der Waals surface area contributed by atoms with Gasteiger partial charge < -0.3 is 14.8 Å². The van der Waals surface area contributed by atoms with Gasteiger partial charge in [-0.15, -0.1) is 0 Å². The SMILES string of the molecule is COc1ccccc1NC(=O)COc1ccc(/C=C2/C(=O)NC(=O)N(c3ccc([N+](=O)[O-])cc3)C2=O)cc1Cl. The third kappa shape index (κ3) is 6.02. The maximum atomic E-state index is 13.0. The summed E-state index contributed by atoms with van der Waals surface area (Å²) in [5.41, 5.74) is 0.244. The van der Waals surface area contributed by atoms with Crippen molar-refractivity contribution >= 4 is 58.5 Å². The largest absolute Gasteiger partial charge is 0.495 e. The molecule has 0 radical (unpaired) electrons. The standard InChI is InChI=1S/C26H19ClN4O8/c1-38-22-5-3-2-4-20(22)28-23(32)14-39-21-11-6-15(13-19(21)27)12-18-24(33)29-26(35)30(25(18)34)16-7-9-17(10-8-16)31(36)37/h2-13H,14H2,1H3,(H,28,32)(H,29,33,35)/b18-12-. The maximum absolute atomic E-state index is 13.0. The number of ether oxygens (including phenoxy) is 2. The van der Waals surface area contributed by atoms with Crippen molar-refractivity contribution in [3.05, 3.63) is 93.0 Å². The van der Waals surface area contributed by atoms with E-state index in [1.54, 1.807) is 24.3 Å². The zero-order valence-electron chi connectivity index (χ0n) is 20.2. The van der Waals surface area contributed by atoms with Gasteiger partial charge in [0.15, 0.2) is 6.61 Å². The van der Waals surface area contributed by atoms with E-state index >= 15 is 0 Å². The Morgan fingerprint density at radius 3 is 2.46 bits per heavy atom. The van der Waals surface area contributed by atoms with Gasteiger partial charge in [0, 0.05) is 12.1 Å². The number of imide groups is 2. The molecular weight excluding hydrogens is 532 g/mol. The Bertz CT molecular complexity index is 1520. The van der Waals surface area contributed by atoms with Crippen LogP contribution in [0.3, 0.4) is 0 Å². The lowest BCUT2D eigenvalue weighted by Crippen LogP contribution is -2.54. The summed E-state index contributed by atoms with van der Waals surface area (Å²) in [4.78, 5) is 61.0. The zero-order chi connectivity index (χ0) is 28.1. The van der Waals surface area contributed by atoms with E-state index in [9.17, 15) is 29.3 Å². The van der Waals surface area contributed by atoms with Crippen LogP contribution < -0.4 is 25.0 Å². The van der Waals surface area contributed by atoms with Crippen molar-refractivity contribution in [2.24, 2.45) is 0 Å². The minimum atomic E-state index is -0.996. The summed E-state index contributed by atoms with van der Waals surface area (Å²) in [6.45, 7) is -0.356. The highest BCUT2D eigenvalue weighted by atomic mass is 35.5. The number of hydrogen-bond acceptors (Lipinski definition) is 8. The lowest BCUT2D eigenvalue weighted by molar-refractivity contribution is -0.384. The van der Waals surface area contributed by atoms with Crippen LogP contribution in [-0.4, -0.2) is 42.4 Å². The van der Waals surface area contributed by atoms with E-state index < -0.39 is 28.7 Å². The second kappa shape index (κ2) is 11.4. The summed E-state index contributed by atoms with van der Waals surface area (Å²) in [5, 5.41) is 15.7. The van der Waals surface area contributed by atoms with Gasteiger partial charge in [-0.1, -0.05) is 29.8 Å². The third-order valence-corrected chi connectivity index (χ3v) is 5.72. The lowest BCUT2D eigenvalue weighted by Gasteiger charge is -2.26. The minimum absolute atomic E-state index is 0.0367. The van der Waals surface area contributed by atoms with Crippen LogP contribution in [0.5, 0.6) is 11.5 Å². The van der Waals surface area contributed by atoms with E-state index in [4.69, 9.17) is 21.1 Å². The van der Waals surface area contributed by atoms with Crippen LogP contribution in [0.4, 0.5) is 21.9 Å². The number of benzene rings is 3. The van der Waals surface area contributed by atoms with Gasteiger partial charge in [-0.25, -0.2) is 9.69 Å². The van der Waals surface area contributed by atoms with Gasteiger partial charge >= 0.3 is 6.03 Å². The van der Waals surface area contributed by atoms with Gasteiger partial charge in [-0.2, -0.15) is 0 Å². The zero-order valence-corrected chi connectivity index (χ0v) is 20.9. The Morgan fingerprint density at radius 1 is 1.08 bits per heavy atom. The second-order valence-electron chi connectivity index (χ2n) is 7.96. The molecule has 1 heterocycles. The van der Waals surface area contributed by atoms with Crippen LogP contribution in [0, 0.1) is 10.1 Å². The number of halogens is 1. The normalized spacial score (nSPS) is 14.2. The van der Waals surface area contributed by atoms with Gasteiger partial charge in [0.25, 0.3) is 23.4 Å². The van der Waals surface area contributed by atoms with E-state index in [-0.39, 0.29) is 34.3 Å². The van der Waals surface area contributed by atoms with Crippen LogP contribution in [0.15, 0.2) is 72.3 Å². The molecule has 198 valence electrons. The highest BCUT2D eigenvalue weighted by Gasteiger charge is 2.37. The Kier molecular flexibility index (Phi) is 7.87. The van der Waals surface area contributed by atoms with Crippen molar-refractivity contribution < 1.29 is 33.6 Å². The molecule has 39 heavy (non-hydrogen) atoms. The lowest BCUT2D eigenvalue weighted by atomic mass is 10.1. The first-order valence-electron chi connectivity index (χ1n) is 11.2. The van der Waals surface area contributed by atoms with E-state index in [0.29, 0.717) is 21.9 Å². The van der Waals surface area contributed by atoms with Crippen molar-refractivity contribution in [2.75, 3.05) is 23.9 Å². The Labute approximate surface area is 225 Å². The summed E-state index contributed by atoms with van der Waals surface area (Å²) >= 11 is 6.29. The summed E-state index contributed by atoms with van der Waals surface area (Å²) in [6.07, 6.45) is 1.23. The third-order valence-electron chi connectivity index (χ3n) is 5.43. The number of hydrogen-bond donors (Lipinski definition) is 2. The number of nitro groups is 1. The van der Waals surface area contributed by atoms with Gasteiger partial charge in [-0.3, -0.25) is 29.8 Å². The van der Waals surface area contributed by atoms with Crippen molar-refractivity contribution in [1.29, 1.82) is 0 Å². The minimum Gasteiger partial charge on any atom is -0.495 e. The molecule has 1 fully saturated rings. The van der Waals surface area contributed by atoms with Crippen molar-refractivity contribution in [2.45, 2.75) is 0 Å². The number of urea groups is 1. The number of methoxy groups -OCH3 is 1. The van der Waals surface area contributed by atoms with E-state index in [0.717, 1.165) is 12.1 Å². The molecule has 0 aromatic heterocycles. The highest BCUT2D eigenvalue weighted by molar-refractivity contribution is 6.39. The first-order valence-corrected chi connectivity index (χ1v) is 11.6. The van der Waals surface area contributed by atoms with Gasteiger partial charge in [-0.05, 0) is 48.0 Å². The topological polar surface area (TPSA) is 157 Å². The van der Waals surface area contributed by atoms with Gasteiger partial charge in [0.05, 0.1) is 28.4 Å². The number of rotatable bonds is 8. The Balaban J connectivity index is 1.48. The molecule has 4 rings (SSSR count). The highest BCUT2D eigenvalue weighted by Crippen LogP contribution is 2.29. The number of non-ortho nitro benzene ring substituents is 1. The van der Waals surface area contributed by atoms with E-state index in [2.05, 4.69) is 10.6 Å². The summed E-state index contributed by atoms with van der Waals surface area (Å²) in [7, 11) is 1.48. The number of para-hydroxylation sites is 2. The molecule has 1 saturated heterocycles. The predicted molar refractivity (Wildman–Crippen MR) is 141 cm³/mol. The van der Waals surface area contributed by atoms with E-state index in [1.165, 1.54) is 43.5 Å². The van der Waals surface area contributed by atoms with Crippen LogP contribution in [0.25, 0.3) is 6.08 Å². The molecule has 0 atom stereocenters. The van der Waals surface area contributed by atoms with Crippen molar-refractivity contribution in [1.82, 2.24) is 5.32 Å². The van der Waals surface area contributed by atoms with Crippen LogP contribution >= 0.6 is 11.6 Å². The molecule has 2 N–H and O–H groups in total. The quantitative estimate of drug-likeness (QED) is 0.185. The molecule has 1 aliphatic heterocycles. The molecule has 0 aliphatic carbocycles. The number of nitrogens with zero attached hydrogens (tertiary/aromatic N) is 2. The first kappa shape index (κ1) is 26.8. The van der Waals surface area contributed by atoms with Crippen molar-refractivity contribution in [3.8, 4) is 11.5 Å². The molecule has 1 aliphatic rings. The Morgan fingerprint density at radius 2 is 1.79 bits per heavy atom. The Hall–Kier alpha value is -5.23.